The molecular formula is C71H72BN3O. The molecule has 2 aliphatic heterocycles. The summed E-state index contributed by atoms with van der Waals surface area (Å²) in [7, 11) is 0. The Hall–Kier alpha value is -7.24. The van der Waals surface area contributed by atoms with Crippen molar-refractivity contribution in [1.82, 2.24) is 4.57 Å². The van der Waals surface area contributed by atoms with Crippen LogP contribution in [0.4, 0.5) is 34.1 Å². The predicted molar refractivity (Wildman–Crippen MR) is 326 cm³/mol. The van der Waals surface area contributed by atoms with Crippen molar-refractivity contribution in [3.05, 3.63) is 190 Å². The molecule has 4 heterocycles. The summed E-state index contributed by atoms with van der Waals surface area (Å²) in [5, 5.41) is 3.59. The van der Waals surface area contributed by atoms with Crippen molar-refractivity contribution < 1.29 is 4.42 Å². The van der Waals surface area contributed by atoms with E-state index >= 15 is 0 Å². The highest BCUT2D eigenvalue weighted by molar-refractivity contribution is 7.00. The van der Waals surface area contributed by atoms with Crippen LogP contribution in [-0.2, 0) is 27.1 Å². The van der Waals surface area contributed by atoms with Crippen molar-refractivity contribution >= 4 is 90.1 Å². The Morgan fingerprint density at radius 3 is 1.72 bits per heavy atom. The third-order valence-electron chi connectivity index (χ3n) is 17.6. The molecule has 13 rings (SSSR count). The van der Waals surface area contributed by atoms with Crippen LogP contribution < -0.4 is 26.2 Å². The number of furan rings is 1. The van der Waals surface area contributed by atoms with Gasteiger partial charge in [0, 0.05) is 67.1 Å². The summed E-state index contributed by atoms with van der Waals surface area (Å²) in [4.78, 5) is 5.17. The maximum absolute atomic E-state index is 6.77. The van der Waals surface area contributed by atoms with Gasteiger partial charge in [-0.05, 0) is 157 Å². The molecule has 0 bridgehead atoms. The van der Waals surface area contributed by atoms with E-state index in [-0.39, 0.29) is 33.8 Å². The van der Waals surface area contributed by atoms with E-state index in [0.717, 1.165) is 33.3 Å². The highest BCUT2D eigenvalue weighted by Gasteiger charge is 2.49. The van der Waals surface area contributed by atoms with Gasteiger partial charge in [0.2, 0.25) is 0 Å². The van der Waals surface area contributed by atoms with Gasteiger partial charge in [-0.3, -0.25) is 0 Å². The first kappa shape index (κ1) is 48.4. The fraction of sp³-hybridized carbons (Fsp3) is 0.296. The van der Waals surface area contributed by atoms with Crippen LogP contribution in [0.2, 0.25) is 0 Å². The van der Waals surface area contributed by atoms with Crippen LogP contribution in [0.3, 0.4) is 0 Å². The van der Waals surface area contributed by atoms with Gasteiger partial charge in [-0.25, -0.2) is 0 Å². The summed E-state index contributed by atoms with van der Waals surface area (Å²) in [5.74, 6) is 0. The number of aromatic nitrogens is 1. The molecule has 2 aromatic heterocycles. The van der Waals surface area contributed by atoms with Gasteiger partial charge in [-0.2, -0.15) is 0 Å². The zero-order valence-electron chi connectivity index (χ0n) is 47.7. The second kappa shape index (κ2) is 15.9. The lowest BCUT2D eigenvalue weighted by Gasteiger charge is -2.43. The van der Waals surface area contributed by atoms with Gasteiger partial charge < -0.3 is 18.8 Å². The van der Waals surface area contributed by atoms with Crippen molar-refractivity contribution in [3.8, 4) is 16.8 Å². The molecule has 8 aromatic carbocycles. The summed E-state index contributed by atoms with van der Waals surface area (Å²) in [5.41, 5.74) is 28.2. The Morgan fingerprint density at radius 1 is 0.487 bits per heavy atom. The first-order valence-corrected chi connectivity index (χ1v) is 27.7. The highest BCUT2D eigenvalue weighted by atomic mass is 16.3. The van der Waals surface area contributed by atoms with Gasteiger partial charge in [0.15, 0.2) is 0 Å². The number of nitrogens with zero attached hydrogens (tertiary/aromatic N) is 3. The Balaban J connectivity index is 1.18. The third kappa shape index (κ3) is 6.95. The van der Waals surface area contributed by atoms with Crippen molar-refractivity contribution in [2.24, 2.45) is 0 Å². The van der Waals surface area contributed by atoms with Gasteiger partial charge in [-0.15, -0.1) is 0 Å². The summed E-state index contributed by atoms with van der Waals surface area (Å²) in [6.45, 7) is 37.6. The maximum atomic E-state index is 6.77. The normalized spacial score (nSPS) is 14.6. The van der Waals surface area contributed by atoms with Crippen LogP contribution >= 0.6 is 0 Å². The smallest absolute Gasteiger partial charge is 0.252 e. The summed E-state index contributed by atoms with van der Waals surface area (Å²) >= 11 is 0. The molecule has 4 nitrogen and oxygen atoms in total. The molecule has 0 fully saturated rings. The van der Waals surface area contributed by atoms with Crippen molar-refractivity contribution in [2.45, 2.75) is 138 Å². The molecule has 76 heavy (non-hydrogen) atoms. The predicted octanol–water partition coefficient (Wildman–Crippen LogP) is 17.7. The minimum absolute atomic E-state index is 0.00991. The third-order valence-corrected chi connectivity index (χ3v) is 17.6. The molecule has 0 radical (unpaired) electrons. The minimum Gasteiger partial charge on any atom is -0.456 e. The topological polar surface area (TPSA) is 24.6 Å². The average molecular weight is 994 g/mol. The standard InChI is InChI=1S/C71H72BN3O/c1-41-34-43(67(3,4)5)28-32-54(41)73(55-33-29-44(35-42(55)2)68(6,7)8)47-30-31-52-57(40-47)74(56-25-21-27-61-63(56)49-23-18-20-26-60(49)76-61)58-38-46(70(12,13)14)39-59-64(58)72(52)53-37-45(69(9,10)11)36-50-62-48-22-17-19-24-51(48)71(15,16)66(62)75(59)65(50)53/h17-40H,1-16H3. The fourth-order valence-electron chi connectivity index (χ4n) is 13.4. The number of hydrogen-bond acceptors (Lipinski definition) is 3. The van der Waals surface area contributed by atoms with E-state index in [1.807, 2.05) is 0 Å². The summed E-state index contributed by atoms with van der Waals surface area (Å²) in [6.07, 6.45) is 0. The van der Waals surface area contributed by atoms with Gasteiger partial charge in [0.1, 0.15) is 11.2 Å². The van der Waals surface area contributed by atoms with Crippen molar-refractivity contribution in [2.75, 3.05) is 9.80 Å². The number of para-hydroxylation sites is 1. The van der Waals surface area contributed by atoms with Gasteiger partial charge in [0.25, 0.3) is 6.71 Å². The fourth-order valence-corrected chi connectivity index (χ4v) is 13.4. The van der Waals surface area contributed by atoms with E-state index in [1.54, 1.807) is 0 Å². The minimum atomic E-state index is -0.250. The number of aryl methyl sites for hydroxylation is 2. The molecule has 0 unspecified atom stereocenters. The molecule has 5 heteroatoms. The van der Waals surface area contributed by atoms with E-state index in [2.05, 4.69) is 271 Å². The molecule has 1 aliphatic carbocycles. The highest BCUT2D eigenvalue weighted by Crippen LogP contribution is 2.56. The monoisotopic (exact) mass is 994 g/mol. The summed E-state index contributed by atoms with van der Waals surface area (Å²) in [6, 6.07) is 56.4. The molecule has 3 aliphatic rings. The second-order valence-electron chi connectivity index (χ2n) is 27.2. The van der Waals surface area contributed by atoms with E-state index in [9.17, 15) is 0 Å². The van der Waals surface area contributed by atoms with E-state index < -0.39 is 0 Å². The van der Waals surface area contributed by atoms with E-state index in [0.29, 0.717) is 0 Å². The largest absolute Gasteiger partial charge is 0.456 e. The molecular weight excluding hydrogens is 922 g/mol. The molecule has 0 saturated carbocycles. The van der Waals surface area contributed by atoms with Crippen LogP contribution in [-0.4, -0.2) is 11.3 Å². The lowest BCUT2D eigenvalue weighted by Crippen LogP contribution is -2.61. The lowest BCUT2D eigenvalue weighted by atomic mass is 9.33. The van der Waals surface area contributed by atoms with E-state index in [4.69, 9.17) is 4.42 Å². The van der Waals surface area contributed by atoms with Crippen molar-refractivity contribution in [3.63, 3.8) is 0 Å². The van der Waals surface area contributed by atoms with Crippen LogP contribution in [0, 0.1) is 13.8 Å². The second-order valence-corrected chi connectivity index (χ2v) is 27.2. The zero-order chi connectivity index (χ0) is 53.5. The Labute approximate surface area is 451 Å². The number of hydrogen-bond donors (Lipinski definition) is 0. The molecule has 0 spiro atoms. The number of rotatable bonds is 4. The van der Waals surface area contributed by atoms with E-state index in [1.165, 1.54) is 111 Å². The van der Waals surface area contributed by atoms with Crippen LogP contribution in [0.25, 0.3) is 49.7 Å². The van der Waals surface area contributed by atoms with Gasteiger partial charge in [-0.1, -0.05) is 182 Å². The molecule has 380 valence electrons. The first-order chi connectivity index (χ1) is 35.8. The quantitative estimate of drug-likeness (QED) is 0.164. The van der Waals surface area contributed by atoms with Gasteiger partial charge >= 0.3 is 0 Å². The lowest BCUT2D eigenvalue weighted by molar-refractivity contribution is 0.588. The SMILES string of the molecule is Cc1cc(C(C)(C)C)ccc1N(c1ccc2c(c1)N(c1cccc3oc4ccccc4c13)c1cc(C(C)(C)C)cc3c1B2c1cc(C(C)(C)C)cc2c4c(n-3c12)C(C)(C)c1ccccc1-4)c1ccc(C(C)(C)C)cc1C. The Morgan fingerprint density at radius 2 is 1.08 bits per heavy atom. The maximum Gasteiger partial charge on any atom is 0.252 e. The van der Waals surface area contributed by atoms with Crippen molar-refractivity contribution in [1.29, 1.82) is 0 Å². The number of fused-ring (bicyclic) bond motifs is 12. The number of benzene rings is 8. The molecule has 10 aromatic rings. The first-order valence-electron chi connectivity index (χ1n) is 27.7. The van der Waals surface area contributed by atoms with Crippen LogP contribution in [0.5, 0.6) is 0 Å². The summed E-state index contributed by atoms with van der Waals surface area (Å²) < 4.78 is 9.50. The number of anilines is 6. The Bertz CT molecular complexity index is 4050. The van der Waals surface area contributed by atoms with Crippen LogP contribution in [0.15, 0.2) is 150 Å². The molecule has 0 saturated heterocycles. The molecule has 0 amide bonds. The molecule has 0 N–H and O–H groups in total. The Kier molecular flexibility index (Phi) is 10.1. The zero-order valence-corrected chi connectivity index (χ0v) is 47.7. The van der Waals surface area contributed by atoms with Gasteiger partial charge in [0.05, 0.1) is 11.1 Å². The average Bonchev–Trinajstić information content (AvgIpc) is 4.14. The van der Waals surface area contributed by atoms with Crippen LogP contribution in [0.1, 0.15) is 142 Å². The molecule has 0 atom stereocenters.